The van der Waals surface area contributed by atoms with Crippen LogP contribution in [-0.4, -0.2) is 0 Å². The van der Waals surface area contributed by atoms with Crippen LogP contribution in [0.15, 0.2) is 82.0 Å². The molecule has 1 aliphatic rings. The maximum absolute atomic E-state index is 13.0. The number of fused-ring (bicyclic) bond motifs is 3. The maximum atomic E-state index is 13.0. The summed E-state index contributed by atoms with van der Waals surface area (Å²) < 4.78 is 5.68. The van der Waals surface area contributed by atoms with Crippen molar-refractivity contribution in [1.29, 1.82) is 0 Å². The fourth-order valence-electron chi connectivity index (χ4n) is 4.41. The Bertz CT molecular complexity index is 1240. The zero-order valence-corrected chi connectivity index (χ0v) is 16.4. The Balaban J connectivity index is 1.78. The molecule has 4 aromatic rings. The smallest absolute Gasteiger partial charge is 0.340 e. The van der Waals surface area contributed by atoms with Crippen LogP contribution in [-0.2, 0) is 6.42 Å². The second-order valence-electron chi connectivity index (χ2n) is 7.15. The lowest BCUT2D eigenvalue weighted by molar-refractivity contribution is 0.542. The Morgan fingerprint density at radius 3 is 2.36 bits per heavy atom. The molecule has 0 fully saturated rings. The van der Waals surface area contributed by atoms with Crippen molar-refractivity contribution >= 4 is 34.2 Å². The largest absolute Gasteiger partial charge is 0.422 e. The molecule has 0 spiro atoms. The molecule has 0 N–H and O–H groups in total. The SMILES string of the molecule is O=c1oc2ccccc2c2c1[C@H](c1ccccc1)[C@@H](c1ccc(Cl)c(Cl)c1)C2. The van der Waals surface area contributed by atoms with Crippen molar-refractivity contribution in [2.24, 2.45) is 0 Å². The first kappa shape index (κ1) is 17.5. The Kier molecular flexibility index (Phi) is 4.26. The van der Waals surface area contributed by atoms with E-state index in [1.54, 1.807) is 0 Å². The van der Waals surface area contributed by atoms with Crippen LogP contribution in [0.5, 0.6) is 0 Å². The first-order chi connectivity index (χ1) is 13.6. The zero-order chi connectivity index (χ0) is 19.3. The minimum Gasteiger partial charge on any atom is -0.422 e. The number of benzene rings is 3. The molecule has 5 rings (SSSR count). The number of halogens is 2. The molecule has 1 heterocycles. The molecule has 1 aliphatic carbocycles. The summed E-state index contributed by atoms with van der Waals surface area (Å²) in [5, 5.41) is 2.06. The molecular formula is C24H16Cl2O2. The van der Waals surface area contributed by atoms with E-state index in [0.29, 0.717) is 15.6 Å². The van der Waals surface area contributed by atoms with Gasteiger partial charge in [-0.1, -0.05) is 77.8 Å². The van der Waals surface area contributed by atoms with Crippen molar-refractivity contribution in [2.45, 2.75) is 18.3 Å². The average molecular weight is 407 g/mol. The molecule has 28 heavy (non-hydrogen) atoms. The van der Waals surface area contributed by atoms with Gasteiger partial charge in [0.2, 0.25) is 0 Å². The van der Waals surface area contributed by atoms with Crippen molar-refractivity contribution in [3.63, 3.8) is 0 Å². The molecular weight excluding hydrogens is 391 g/mol. The highest BCUT2D eigenvalue weighted by atomic mass is 35.5. The van der Waals surface area contributed by atoms with Crippen molar-refractivity contribution < 1.29 is 4.42 Å². The molecule has 2 atom stereocenters. The van der Waals surface area contributed by atoms with E-state index in [2.05, 4.69) is 12.1 Å². The first-order valence-electron chi connectivity index (χ1n) is 9.18. The van der Waals surface area contributed by atoms with Gasteiger partial charge < -0.3 is 4.42 Å². The minimum atomic E-state index is -0.259. The molecule has 138 valence electrons. The van der Waals surface area contributed by atoms with Gasteiger partial charge in [0.15, 0.2) is 0 Å². The van der Waals surface area contributed by atoms with Crippen LogP contribution in [0.2, 0.25) is 10.0 Å². The van der Waals surface area contributed by atoms with E-state index >= 15 is 0 Å². The van der Waals surface area contributed by atoms with Crippen LogP contribution in [0.25, 0.3) is 11.0 Å². The molecule has 0 saturated carbocycles. The fourth-order valence-corrected chi connectivity index (χ4v) is 4.72. The Morgan fingerprint density at radius 2 is 1.57 bits per heavy atom. The third kappa shape index (κ3) is 2.76. The van der Waals surface area contributed by atoms with Crippen LogP contribution < -0.4 is 5.63 Å². The van der Waals surface area contributed by atoms with Crippen molar-refractivity contribution in [3.8, 4) is 0 Å². The van der Waals surface area contributed by atoms with E-state index in [0.717, 1.165) is 34.1 Å². The Hall–Kier alpha value is -2.55. The molecule has 0 amide bonds. The Labute approximate surface area is 172 Å². The summed E-state index contributed by atoms with van der Waals surface area (Å²) in [6.45, 7) is 0. The lowest BCUT2D eigenvalue weighted by atomic mass is 9.82. The van der Waals surface area contributed by atoms with Gasteiger partial charge in [0, 0.05) is 16.9 Å². The van der Waals surface area contributed by atoms with Gasteiger partial charge in [-0.05, 0) is 47.2 Å². The van der Waals surface area contributed by atoms with Gasteiger partial charge in [-0.15, -0.1) is 0 Å². The van der Waals surface area contributed by atoms with E-state index in [9.17, 15) is 4.79 Å². The molecule has 0 saturated heterocycles. The third-order valence-electron chi connectivity index (χ3n) is 5.63. The van der Waals surface area contributed by atoms with E-state index in [-0.39, 0.29) is 17.5 Å². The summed E-state index contributed by atoms with van der Waals surface area (Å²) >= 11 is 12.4. The van der Waals surface area contributed by atoms with E-state index in [4.69, 9.17) is 27.6 Å². The van der Waals surface area contributed by atoms with Gasteiger partial charge in [-0.2, -0.15) is 0 Å². The van der Waals surface area contributed by atoms with E-state index in [1.165, 1.54) is 0 Å². The predicted octanol–water partition coefficient (Wildman–Crippen LogP) is 6.57. The molecule has 0 unspecified atom stereocenters. The van der Waals surface area contributed by atoms with Gasteiger partial charge in [-0.3, -0.25) is 0 Å². The van der Waals surface area contributed by atoms with Crippen LogP contribution in [0.4, 0.5) is 0 Å². The second-order valence-corrected chi connectivity index (χ2v) is 7.96. The molecule has 0 bridgehead atoms. The quantitative estimate of drug-likeness (QED) is 0.352. The van der Waals surface area contributed by atoms with Crippen LogP contribution in [0.3, 0.4) is 0 Å². The van der Waals surface area contributed by atoms with Crippen LogP contribution >= 0.6 is 23.2 Å². The lowest BCUT2D eigenvalue weighted by Gasteiger charge is -2.21. The molecule has 0 radical (unpaired) electrons. The monoisotopic (exact) mass is 406 g/mol. The fraction of sp³-hybridized carbons (Fsp3) is 0.125. The molecule has 4 heteroatoms. The standard InChI is InChI=1S/C24H16Cl2O2/c25-19-11-10-15(12-20(19)26)17-13-18-16-8-4-5-9-21(16)28-24(27)23(18)22(17)14-6-2-1-3-7-14/h1-12,17,22H,13H2/t17-,22-/m1/s1. The molecule has 1 aromatic heterocycles. The summed E-state index contributed by atoms with van der Waals surface area (Å²) in [4.78, 5) is 13.0. The van der Waals surface area contributed by atoms with Crippen molar-refractivity contribution in [1.82, 2.24) is 0 Å². The Morgan fingerprint density at radius 1 is 0.821 bits per heavy atom. The number of rotatable bonds is 2. The van der Waals surface area contributed by atoms with Gasteiger partial charge in [0.05, 0.1) is 10.0 Å². The highest BCUT2D eigenvalue weighted by Gasteiger charge is 2.38. The molecule has 2 nitrogen and oxygen atoms in total. The molecule has 0 aliphatic heterocycles. The van der Waals surface area contributed by atoms with E-state index < -0.39 is 0 Å². The summed E-state index contributed by atoms with van der Waals surface area (Å²) in [7, 11) is 0. The number of para-hydroxylation sites is 1. The number of hydrogen-bond acceptors (Lipinski definition) is 2. The van der Waals surface area contributed by atoms with Crippen LogP contribution in [0.1, 0.15) is 34.1 Å². The van der Waals surface area contributed by atoms with E-state index in [1.807, 2.05) is 60.7 Å². The van der Waals surface area contributed by atoms with Gasteiger partial charge >= 0.3 is 5.63 Å². The first-order valence-corrected chi connectivity index (χ1v) is 9.93. The van der Waals surface area contributed by atoms with Gasteiger partial charge in [-0.25, -0.2) is 4.79 Å². The van der Waals surface area contributed by atoms with Crippen molar-refractivity contribution in [3.05, 3.63) is 116 Å². The second kappa shape index (κ2) is 6.80. The van der Waals surface area contributed by atoms with Gasteiger partial charge in [0.25, 0.3) is 0 Å². The van der Waals surface area contributed by atoms with Crippen molar-refractivity contribution in [2.75, 3.05) is 0 Å². The summed E-state index contributed by atoms with van der Waals surface area (Å²) in [5.41, 5.74) is 4.36. The minimum absolute atomic E-state index is 0.0841. The topological polar surface area (TPSA) is 30.2 Å². The summed E-state index contributed by atoms with van der Waals surface area (Å²) in [6.07, 6.45) is 0.749. The van der Waals surface area contributed by atoms with Crippen LogP contribution in [0, 0.1) is 0 Å². The average Bonchev–Trinajstić information content (AvgIpc) is 3.12. The maximum Gasteiger partial charge on any atom is 0.340 e. The highest BCUT2D eigenvalue weighted by Crippen LogP contribution is 2.48. The normalized spacial score (nSPS) is 18.4. The van der Waals surface area contributed by atoms with Gasteiger partial charge in [0.1, 0.15) is 5.58 Å². The third-order valence-corrected chi connectivity index (χ3v) is 6.37. The predicted molar refractivity (Wildman–Crippen MR) is 114 cm³/mol. The zero-order valence-electron chi connectivity index (χ0n) is 14.9. The summed E-state index contributed by atoms with van der Waals surface area (Å²) in [6, 6.07) is 23.6. The molecule has 3 aromatic carbocycles. The lowest BCUT2D eigenvalue weighted by Crippen LogP contribution is -2.15. The summed E-state index contributed by atoms with van der Waals surface area (Å²) in [5.74, 6) is -0.00447. The number of hydrogen-bond donors (Lipinski definition) is 0. The highest BCUT2D eigenvalue weighted by molar-refractivity contribution is 6.42.